The van der Waals surface area contributed by atoms with Gasteiger partial charge in [0, 0.05) is 31.9 Å². The molecule has 140 valence electrons. The zero-order valence-electron chi connectivity index (χ0n) is 15.4. The molecule has 0 aromatic carbocycles. The topological polar surface area (TPSA) is 71.1 Å². The number of pyridine rings is 1. The van der Waals surface area contributed by atoms with Gasteiger partial charge >= 0.3 is 0 Å². The summed E-state index contributed by atoms with van der Waals surface area (Å²) in [6, 6.07) is 3.50. The van der Waals surface area contributed by atoms with Gasteiger partial charge in [-0.3, -0.25) is 14.6 Å². The summed E-state index contributed by atoms with van der Waals surface area (Å²) < 4.78 is 0. The maximum absolute atomic E-state index is 12.4. The smallest absolute Gasteiger partial charge is 0.252 e. The van der Waals surface area contributed by atoms with Crippen LogP contribution >= 0.6 is 0 Å². The highest BCUT2D eigenvalue weighted by molar-refractivity contribution is 5.93. The Labute approximate surface area is 155 Å². The maximum atomic E-state index is 12.4. The van der Waals surface area contributed by atoms with Gasteiger partial charge in [-0.05, 0) is 80.2 Å². The van der Waals surface area contributed by atoms with E-state index in [0.717, 1.165) is 24.2 Å². The molecule has 4 fully saturated rings. The molecule has 0 spiro atoms. The Bertz CT molecular complexity index is 623. The minimum Gasteiger partial charge on any atom is -0.356 e. The van der Waals surface area contributed by atoms with Crippen molar-refractivity contribution in [3.63, 3.8) is 0 Å². The van der Waals surface area contributed by atoms with Crippen LogP contribution in [0.3, 0.4) is 0 Å². The molecule has 4 aliphatic rings. The summed E-state index contributed by atoms with van der Waals surface area (Å²) >= 11 is 0. The van der Waals surface area contributed by atoms with E-state index in [4.69, 9.17) is 0 Å². The van der Waals surface area contributed by atoms with E-state index in [-0.39, 0.29) is 11.8 Å². The lowest BCUT2D eigenvalue weighted by Gasteiger charge is -2.56. The molecule has 2 N–H and O–H groups in total. The number of nitrogens with one attached hydrogen (secondary N) is 2. The van der Waals surface area contributed by atoms with Crippen LogP contribution in [0.4, 0.5) is 0 Å². The lowest BCUT2D eigenvalue weighted by atomic mass is 9.49. The van der Waals surface area contributed by atoms with Crippen molar-refractivity contribution in [1.82, 2.24) is 15.6 Å². The van der Waals surface area contributed by atoms with Crippen LogP contribution in [0.1, 0.15) is 61.7 Å². The van der Waals surface area contributed by atoms with E-state index in [1.165, 1.54) is 38.5 Å². The lowest BCUT2D eigenvalue weighted by Crippen LogP contribution is -2.48. The molecule has 1 heterocycles. The first-order valence-corrected chi connectivity index (χ1v) is 10.1. The van der Waals surface area contributed by atoms with Gasteiger partial charge in [0.25, 0.3) is 5.91 Å². The van der Waals surface area contributed by atoms with Crippen molar-refractivity contribution in [2.45, 2.75) is 51.4 Å². The average Bonchev–Trinajstić information content (AvgIpc) is 2.60. The number of carbonyl (C=O) groups is 2. The number of hydrogen-bond donors (Lipinski definition) is 2. The monoisotopic (exact) mass is 355 g/mol. The van der Waals surface area contributed by atoms with Crippen LogP contribution in [0.15, 0.2) is 24.5 Å². The number of carbonyl (C=O) groups excluding carboxylic acids is 2. The number of rotatable bonds is 7. The van der Waals surface area contributed by atoms with E-state index < -0.39 is 0 Å². The van der Waals surface area contributed by atoms with Crippen LogP contribution in [0.5, 0.6) is 0 Å². The maximum Gasteiger partial charge on any atom is 0.252 e. The second-order valence-corrected chi connectivity index (χ2v) is 8.80. The fourth-order valence-electron chi connectivity index (χ4n) is 6.03. The van der Waals surface area contributed by atoms with Gasteiger partial charge < -0.3 is 10.6 Å². The molecule has 1 aromatic heterocycles. The Morgan fingerprint density at radius 1 is 1.04 bits per heavy atom. The molecule has 4 aliphatic carbocycles. The number of hydrogen-bond acceptors (Lipinski definition) is 3. The standard InChI is InChI=1S/C21H29N3O2/c25-19(13-21-10-15-7-16(11-21)9-17(8-15)12-21)23-5-2-6-24-20(26)18-3-1-4-22-14-18/h1,3-4,14-17H,2,5-13H2,(H,23,25)(H,24,26). The molecule has 0 saturated heterocycles. The lowest BCUT2D eigenvalue weighted by molar-refractivity contribution is -0.129. The summed E-state index contributed by atoms with van der Waals surface area (Å²) in [7, 11) is 0. The summed E-state index contributed by atoms with van der Waals surface area (Å²) in [5, 5.41) is 5.94. The highest BCUT2D eigenvalue weighted by atomic mass is 16.2. The van der Waals surface area contributed by atoms with Crippen molar-refractivity contribution in [2.75, 3.05) is 13.1 Å². The molecule has 4 saturated carbocycles. The largest absolute Gasteiger partial charge is 0.356 e. The Morgan fingerprint density at radius 3 is 2.31 bits per heavy atom. The first-order chi connectivity index (χ1) is 12.6. The third-order valence-corrected chi connectivity index (χ3v) is 6.59. The van der Waals surface area contributed by atoms with E-state index >= 15 is 0 Å². The molecule has 0 radical (unpaired) electrons. The zero-order valence-corrected chi connectivity index (χ0v) is 15.4. The zero-order chi connectivity index (χ0) is 18.0. The van der Waals surface area contributed by atoms with Crippen LogP contribution in [0.25, 0.3) is 0 Å². The second-order valence-electron chi connectivity index (χ2n) is 8.80. The molecular formula is C21H29N3O2. The highest BCUT2D eigenvalue weighted by Crippen LogP contribution is 2.61. The van der Waals surface area contributed by atoms with E-state index in [1.54, 1.807) is 24.5 Å². The molecule has 1 aromatic rings. The van der Waals surface area contributed by atoms with Gasteiger partial charge in [-0.15, -0.1) is 0 Å². The van der Waals surface area contributed by atoms with Crippen molar-refractivity contribution < 1.29 is 9.59 Å². The fourth-order valence-corrected chi connectivity index (χ4v) is 6.03. The molecule has 5 heteroatoms. The van der Waals surface area contributed by atoms with Gasteiger partial charge in [0.2, 0.25) is 5.91 Å². The summed E-state index contributed by atoms with van der Waals surface area (Å²) in [5.74, 6) is 2.74. The highest BCUT2D eigenvalue weighted by Gasteiger charge is 2.51. The van der Waals surface area contributed by atoms with Crippen molar-refractivity contribution in [3.05, 3.63) is 30.1 Å². The molecule has 26 heavy (non-hydrogen) atoms. The molecule has 4 bridgehead atoms. The average molecular weight is 355 g/mol. The quantitative estimate of drug-likeness (QED) is 0.739. The molecule has 5 rings (SSSR count). The fraction of sp³-hybridized carbons (Fsp3) is 0.667. The third-order valence-electron chi connectivity index (χ3n) is 6.59. The number of amides is 2. The summed E-state index contributed by atoms with van der Waals surface area (Å²) in [5.41, 5.74) is 0.867. The number of nitrogens with zero attached hydrogens (tertiary/aromatic N) is 1. The Kier molecular flexibility index (Phi) is 4.96. The molecule has 0 unspecified atom stereocenters. The first kappa shape index (κ1) is 17.5. The predicted octanol–water partition coefficient (Wildman–Crippen LogP) is 2.92. The predicted molar refractivity (Wildman–Crippen MR) is 99.4 cm³/mol. The summed E-state index contributed by atoms with van der Waals surface area (Å²) in [6.07, 6.45) is 12.7. The van der Waals surface area contributed by atoms with Gasteiger partial charge in [-0.1, -0.05) is 0 Å². The molecular weight excluding hydrogens is 326 g/mol. The second kappa shape index (κ2) is 7.37. The van der Waals surface area contributed by atoms with Crippen molar-refractivity contribution in [3.8, 4) is 0 Å². The van der Waals surface area contributed by atoms with Crippen LogP contribution in [-0.4, -0.2) is 29.9 Å². The summed E-state index contributed by atoms with van der Waals surface area (Å²) in [6.45, 7) is 1.18. The van der Waals surface area contributed by atoms with E-state index in [0.29, 0.717) is 30.5 Å². The van der Waals surface area contributed by atoms with Gasteiger partial charge in [-0.25, -0.2) is 0 Å². The van der Waals surface area contributed by atoms with Crippen molar-refractivity contribution >= 4 is 11.8 Å². The Balaban J connectivity index is 1.15. The third kappa shape index (κ3) is 3.92. The molecule has 5 nitrogen and oxygen atoms in total. The van der Waals surface area contributed by atoms with Crippen LogP contribution < -0.4 is 10.6 Å². The molecule has 0 atom stereocenters. The normalized spacial score (nSPS) is 31.6. The van der Waals surface area contributed by atoms with Gasteiger partial charge in [-0.2, -0.15) is 0 Å². The SMILES string of the molecule is O=C(CC12CC3CC(CC(C3)C1)C2)NCCCNC(=O)c1cccnc1. The minimum atomic E-state index is -0.113. The summed E-state index contributed by atoms with van der Waals surface area (Å²) in [4.78, 5) is 28.3. The van der Waals surface area contributed by atoms with Crippen LogP contribution in [-0.2, 0) is 4.79 Å². The van der Waals surface area contributed by atoms with Gasteiger partial charge in [0.05, 0.1) is 5.56 Å². The van der Waals surface area contributed by atoms with Crippen molar-refractivity contribution in [1.29, 1.82) is 0 Å². The van der Waals surface area contributed by atoms with Crippen LogP contribution in [0.2, 0.25) is 0 Å². The Hall–Kier alpha value is -1.91. The van der Waals surface area contributed by atoms with Gasteiger partial charge in [0.15, 0.2) is 0 Å². The van der Waals surface area contributed by atoms with Crippen molar-refractivity contribution in [2.24, 2.45) is 23.2 Å². The molecule has 0 aliphatic heterocycles. The van der Waals surface area contributed by atoms with E-state index in [2.05, 4.69) is 15.6 Å². The molecule has 2 amide bonds. The van der Waals surface area contributed by atoms with Crippen LogP contribution in [0, 0.1) is 23.2 Å². The van der Waals surface area contributed by atoms with E-state index in [1.807, 2.05) is 0 Å². The van der Waals surface area contributed by atoms with E-state index in [9.17, 15) is 9.59 Å². The minimum absolute atomic E-state index is 0.113. The Morgan fingerprint density at radius 2 is 1.69 bits per heavy atom. The first-order valence-electron chi connectivity index (χ1n) is 10.1. The van der Waals surface area contributed by atoms with Gasteiger partial charge in [0.1, 0.15) is 0 Å². The number of aromatic nitrogens is 1.